The van der Waals surface area contributed by atoms with E-state index in [1.807, 2.05) is 11.5 Å². The van der Waals surface area contributed by atoms with Gasteiger partial charge in [0.15, 0.2) is 5.69 Å². The smallest absolute Gasteiger partial charge is 0.360 e. The third-order valence-electron chi connectivity index (χ3n) is 3.42. The molecule has 0 amide bonds. The second kappa shape index (κ2) is 7.89. The molecule has 0 atom stereocenters. The molecule has 0 aromatic carbocycles. The number of nitrogens with zero attached hydrogens (tertiary/aromatic N) is 3. The third kappa shape index (κ3) is 3.96. The SMILES string of the molecule is CCOC(=O)c1nc(C)n(CCCN(CC)CC)c1N. The van der Waals surface area contributed by atoms with Gasteiger partial charge in [0, 0.05) is 6.54 Å². The molecule has 0 saturated carbocycles. The Morgan fingerprint density at radius 3 is 2.55 bits per heavy atom. The molecule has 1 aromatic heterocycles. The lowest BCUT2D eigenvalue weighted by Gasteiger charge is -2.18. The Balaban J connectivity index is 2.69. The normalized spacial score (nSPS) is 11.1. The second-order valence-corrected chi connectivity index (χ2v) is 4.65. The molecule has 114 valence electrons. The molecule has 0 saturated heterocycles. The van der Waals surface area contributed by atoms with Gasteiger partial charge in [0.25, 0.3) is 0 Å². The Kier molecular flexibility index (Phi) is 6.51. The highest BCUT2D eigenvalue weighted by Gasteiger charge is 2.19. The van der Waals surface area contributed by atoms with E-state index in [4.69, 9.17) is 10.5 Å². The third-order valence-corrected chi connectivity index (χ3v) is 3.42. The molecule has 0 unspecified atom stereocenters. The van der Waals surface area contributed by atoms with Crippen molar-refractivity contribution in [2.75, 3.05) is 32.0 Å². The maximum Gasteiger partial charge on any atom is 0.360 e. The lowest BCUT2D eigenvalue weighted by molar-refractivity contribution is 0.0521. The van der Waals surface area contributed by atoms with Gasteiger partial charge < -0.3 is 19.9 Å². The lowest BCUT2D eigenvalue weighted by atomic mass is 10.3. The minimum atomic E-state index is -0.449. The van der Waals surface area contributed by atoms with Crippen molar-refractivity contribution in [1.82, 2.24) is 14.5 Å². The van der Waals surface area contributed by atoms with Crippen LogP contribution >= 0.6 is 0 Å². The number of carbonyl (C=O) groups is 1. The number of rotatable bonds is 8. The first-order valence-electron chi connectivity index (χ1n) is 7.27. The van der Waals surface area contributed by atoms with E-state index < -0.39 is 5.97 Å². The van der Waals surface area contributed by atoms with Crippen LogP contribution in [0.25, 0.3) is 0 Å². The minimum Gasteiger partial charge on any atom is -0.461 e. The number of nitrogen functional groups attached to an aromatic ring is 1. The van der Waals surface area contributed by atoms with Crippen molar-refractivity contribution in [2.45, 2.75) is 40.7 Å². The molecule has 1 rings (SSSR count). The average molecular weight is 282 g/mol. The standard InChI is InChI=1S/C14H26N4O2/c1-5-17(6-2)9-8-10-18-11(4)16-12(13(18)15)14(19)20-7-3/h5-10,15H2,1-4H3. The summed E-state index contributed by atoms with van der Waals surface area (Å²) in [6, 6.07) is 0. The molecule has 0 aliphatic heterocycles. The van der Waals surface area contributed by atoms with Gasteiger partial charge in [-0.2, -0.15) is 0 Å². The molecule has 1 aromatic rings. The molecule has 0 radical (unpaired) electrons. The number of carbonyl (C=O) groups excluding carboxylic acids is 1. The van der Waals surface area contributed by atoms with Crippen molar-refractivity contribution < 1.29 is 9.53 Å². The van der Waals surface area contributed by atoms with E-state index >= 15 is 0 Å². The van der Waals surface area contributed by atoms with Crippen LogP contribution < -0.4 is 5.73 Å². The van der Waals surface area contributed by atoms with Crippen LogP contribution in [-0.4, -0.2) is 46.7 Å². The van der Waals surface area contributed by atoms with Gasteiger partial charge in [-0.25, -0.2) is 9.78 Å². The Labute approximate surface area is 120 Å². The molecular weight excluding hydrogens is 256 g/mol. The summed E-state index contributed by atoms with van der Waals surface area (Å²) in [4.78, 5) is 18.3. The van der Waals surface area contributed by atoms with Crippen LogP contribution in [0.5, 0.6) is 0 Å². The van der Waals surface area contributed by atoms with Gasteiger partial charge in [-0.1, -0.05) is 13.8 Å². The van der Waals surface area contributed by atoms with Gasteiger partial charge in [0.2, 0.25) is 0 Å². The fourth-order valence-electron chi connectivity index (χ4n) is 2.21. The summed E-state index contributed by atoms with van der Waals surface area (Å²) >= 11 is 0. The topological polar surface area (TPSA) is 73.4 Å². The van der Waals surface area contributed by atoms with Crippen LogP contribution in [0.4, 0.5) is 5.82 Å². The van der Waals surface area contributed by atoms with Crippen LogP contribution in [0.2, 0.25) is 0 Å². The van der Waals surface area contributed by atoms with Crippen LogP contribution in [0.1, 0.15) is 43.5 Å². The molecule has 0 aliphatic carbocycles. The van der Waals surface area contributed by atoms with Crippen LogP contribution in [0.3, 0.4) is 0 Å². The van der Waals surface area contributed by atoms with Crippen molar-refractivity contribution in [3.8, 4) is 0 Å². The molecule has 0 bridgehead atoms. The molecule has 6 heteroatoms. The Morgan fingerprint density at radius 2 is 2.00 bits per heavy atom. The zero-order valence-corrected chi connectivity index (χ0v) is 13.0. The predicted octanol–water partition coefficient (Wildman–Crippen LogP) is 1.68. The van der Waals surface area contributed by atoms with Crippen LogP contribution in [0.15, 0.2) is 0 Å². The van der Waals surface area contributed by atoms with Crippen molar-refractivity contribution in [3.63, 3.8) is 0 Å². The van der Waals surface area contributed by atoms with E-state index in [-0.39, 0.29) is 5.69 Å². The molecule has 0 aliphatic rings. The highest BCUT2D eigenvalue weighted by atomic mass is 16.5. The fraction of sp³-hybridized carbons (Fsp3) is 0.714. The summed E-state index contributed by atoms with van der Waals surface area (Å²) in [7, 11) is 0. The Morgan fingerprint density at radius 1 is 1.35 bits per heavy atom. The van der Waals surface area contributed by atoms with E-state index in [9.17, 15) is 4.79 Å². The highest BCUT2D eigenvalue weighted by Crippen LogP contribution is 2.16. The number of esters is 1. The van der Waals surface area contributed by atoms with Crippen molar-refractivity contribution in [3.05, 3.63) is 11.5 Å². The number of nitrogens with two attached hydrogens (primary N) is 1. The molecular formula is C14H26N4O2. The van der Waals surface area contributed by atoms with Gasteiger partial charge >= 0.3 is 5.97 Å². The van der Waals surface area contributed by atoms with E-state index in [2.05, 4.69) is 23.7 Å². The van der Waals surface area contributed by atoms with E-state index in [1.54, 1.807) is 6.92 Å². The predicted molar refractivity (Wildman–Crippen MR) is 79.7 cm³/mol. The van der Waals surface area contributed by atoms with E-state index in [1.165, 1.54) is 0 Å². The van der Waals surface area contributed by atoms with Crippen molar-refractivity contribution in [2.24, 2.45) is 0 Å². The fourth-order valence-corrected chi connectivity index (χ4v) is 2.21. The summed E-state index contributed by atoms with van der Waals surface area (Å²) in [5, 5.41) is 0. The van der Waals surface area contributed by atoms with Gasteiger partial charge in [-0.15, -0.1) is 0 Å². The number of aryl methyl sites for hydroxylation is 1. The molecule has 20 heavy (non-hydrogen) atoms. The molecule has 1 heterocycles. The first-order chi connectivity index (χ1) is 9.54. The summed E-state index contributed by atoms with van der Waals surface area (Å²) in [6.07, 6.45) is 0.978. The van der Waals surface area contributed by atoms with Crippen molar-refractivity contribution in [1.29, 1.82) is 0 Å². The van der Waals surface area contributed by atoms with Gasteiger partial charge in [-0.05, 0) is 39.9 Å². The number of hydrogen-bond acceptors (Lipinski definition) is 5. The first-order valence-corrected chi connectivity index (χ1v) is 7.27. The number of imidazole rings is 1. The molecule has 0 fully saturated rings. The quantitative estimate of drug-likeness (QED) is 0.734. The summed E-state index contributed by atoms with van der Waals surface area (Å²) in [5.41, 5.74) is 6.23. The molecule has 6 nitrogen and oxygen atoms in total. The van der Waals surface area contributed by atoms with E-state index in [0.29, 0.717) is 12.4 Å². The number of hydrogen-bond donors (Lipinski definition) is 1. The Bertz CT molecular complexity index is 439. The van der Waals surface area contributed by atoms with Gasteiger partial charge in [-0.3, -0.25) is 0 Å². The summed E-state index contributed by atoms with van der Waals surface area (Å²) in [5.74, 6) is 0.709. The number of aromatic nitrogens is 2. The van der Waals surface area contributed by atoms with Crippen LogP contribution in [-0.2, 0) is 11.3 Å². The second-order valence-electron chi connectivity index (χ2n) is 4.65. The average Bonchev–Trinajstić information content (AvgIpc) is 2.71. The number of anilines is 1. The van der Waals surface area contributed by atoms with E-state index in [0.717, 1.165) is 38.4 Å². The zero-order chi connectivity index (χ0) is 15.1. The molecule has 2 N–H and O–H groups in total. The monoisotopic (exact) mass is 282 g/mol. The first kappa shape index (κ1) is 16.5. The van der Waals surface area contributed by atoms with Crippen molar-refractivity contribution >= 4 is 11.8 Å². The van der Waals surface area contributed by atoms with Gasteiger partial charge in [0.05, 0.1) is 6.61 Å². The highest BCUT2D eigenvalue weighted by molar-refractivity contribution is 5.92. The van der Waals surface area contributed by atoms with Crippen LogP contribution in [0, 0.1) is 6.92 Å². The Hall–Kier alpha value is -1.56. The molecule has 0 spiro atoms. The number of ether oxygens (including phenoxy) is 1. The van der Waals surface area contributed by atoms with Gasteiger partial charge in [0.1, 0.15) is 11.6 Å². The zero-order valence-electron chi connectivity index (χ0n) is 13.0. The summed E-state index contributed by atoms with van der Waals surface area (Å²) in [6.45, 7) is 12.1. The summed E-state index contributed by atoms with van der Waals surface area (Å²) < 4.78 is 6.84. The minimum absolute atomic E-state index is 0.229. The lowest BCUT2D eigenvalue weighted by Crippen LogP contribution is -2.25. The maximum atomic E-state index is 11.7. The largest absolute Gasteiger partial charge is 0.461 e. The maximum absolute atomic E-state index is 11.7.